The maximum absolute atomic E-state index is 13.8. The highest BCUT2D eigenvalue weighted by Crippen LogP contribution is 2.61. The molecule has 0 aromatic heterocycles. The molecule has 0 amide bonds. The van der Waals surface area contributed by atoms with Crippen molar-refractivity contribution in [3.05, 3.63) is 0 Å². The van der Waals surface area contributed by atoms with Crippen molar-refractivity contribution in [2.45, 2.75) is 54.8 Å². The smallest absolute Gasteiger partial charge is 0.393 e. The molecule has 0 radical (unpaired) electrons. The summed E-state index contributed by atoms with van der Waals surface area (Å²) in [6.45, 7) is -3.23. The summed E-state index contributed by atoms with van der Waals surface area (Å²) in [5, 5.41) is 8.76. The number of alkyl halides is 16. The highest BCUT2D eigenvalue weighted by molar-refractivity contribution is 5.03. The quantitative estimate of drug-likeness (QED) is 0.470. The zero-order chi connectivity index (χ0) is 24.9. The largest absolute Gasteiger partial charge is 0.439 e. The van der Waals surface area contributed by atoms with Gasteiger partial charge in [-0.3, -0.25) is 0 Å². The van der Waals surface area contributed by atoms with E-state index in [1.54, 1.807) is 0 Å². The molecule has 2 aliphatic heterocycles. The maximum atomic E-state index is 13.8. The second kappa shape index (κ2) is 6.38. The summed E-state index contributed by atoms with van der Waals surface area (Å²) in [4.78, 5) is -6.52. The summed E-state index contributed by atoms with van der Waals surface area (Å²) in [5.74, 6) is 0. The number of halogens is 16. The molecule has 184 valence electrons. The van der Waals surface area contributed by atoms with Gasteiger partial charge in [-0.15, -0.1) is 9.80 Å². The Morgan fingerprint density at radius 1 is 0.484 bits per heavy atom. The Kier molecular flexibility index (Phi) is 5.34. The van der Waals surface area contributed by atoms with Gasteiger partial charge in [-0.05, 0) is 0 Å². The van der Waals surface area contributed by atoms with E-state index in [1.807, 2.05) is 9.47 Å². The molecule has 31 heavy (non-hydrogen) atoms. The van der Waals surface area contributed by atoms with E-state index in [0.717, 1.165) is 0 Å². The molecule has 0 spiro atoms. The monoisotopic (exact) mass is 504 g/mol. The van der Waals surface area contributed by atoms with Crippen molar-refractivity contribution < 1.29 is 84.8 Å². The van der Waals surface area contributed by atoms with Crippen LogP contribution in [0.3, 0.4) is 0 Å². The Hall–Kier alpha value is -1.32. The third-order valence-electron chi connectivity index (χ3n) is 3.88. The zero-order valence-corrected chi connectivity index (χ0v) is 13.5. The van der Waals surface area contributed by atoms with Crippen LogP contribution in [0.2, 0.25) is 0 Å². The van der Waals surface area contributed by atoms with Crippen molar-refractivity contribution in [2.75, 3.05) is 6.61 Å². The molecular formula is C10H4F16N2O3. The van der Waals surface area contributed by atoms with E-state index in [2.05, 4.69) is 0 Å². The van der Waals surface area contributed by atoms with Crippen molar-refractivity contribution in [1.82, 2.24) is 9.80 Å². The molecule has 0 aromatic carbocycles. The molecule has 2 rings (SSSR count). The van der Waals surface area contributed by atoms with Crippen LogP contribution in [0.1, 0.15) is 0 Å². The van der Waals surface area contributed by atoms with Gasteiger partial charge in [0, 0.05) is 0 Å². The van der Waals surface area contributed by atoms with Gasteiger partial charge in [0.1, 0.15) is 6.17 Å². The van der Waals surface area contributed by atoms with E-state index in [-0.39, 0.29) is 0 Å². The topological polar surface area (TPSA) is 45.2 Å². The van der Waals surface area contributed by atoms with Crippen LogP contribution in [0.25, 0.3) is 0 Å². The molecule has 0 unspecified atom stereocenters. The Bertz CT molecular complexity index is 616. The normalized spacial score (nSPS) is 32.7. The molecule has 2 fully saturated rings. The molecule has 0 aromatic rings. The van der Waals surface area contributed by atoms with Gasteiger partial charge < -0.3 is 5.11 Å². The highest BCUT2D eigenvalue weighted by atomic mass is 19.4. The van der Waals surface area contributed by atoms with Gasteiger partial charge in [-0.2, -0.15) is 70.2 Å². The predicted molar refractivity (Wildman–Crippen MR) is 56.3 cm³/mol. The number of rotatable bonds is 3. The van der Waals surface area contributed by atoms with Crippen LogP contribution in [0.4, 0.5) is 70.2 Å². The van der Waals surface area contributed by atoms with Gasteiger partial charge in [-0.25, -0.2) is 9.47 Å². The first-order valence-corrected chi connectivity index (χ1v) is 6.98. The second-order valence-corrected chi connectivity index (χ2v) is 5.84. The van der Waals surface area contributed by atoms with Crippen LogP contribution < -0.4 is 0 Å². The number of nitrogens with zero attached hydrogens (tertiary/aromatic N) is 2. The van der Waals surface area contributed by atoms with E-state index in [9.17, 15) is 70.2 Å². The van der Waals surface area contributed by atoms with Crippen LogP contribution >= 0.6 is 0 Å². The Morgan fingerprint density at radius 3 is 0.839 bits per heavy atom. The van der Waals surface area contributed by atoms with Crippen LogP contribution in [0, 0.1) is 0 Å². The number of hydrogen-bond donors (Lipinski definition) is 1. The van der Waals surface area contributed by atoms with E-state index in [4.69, 9.17) is 5.11 Å². The second-order valence-electron chi connectivity index (χ2n) is 5.84. The first kappa shape index (κ1) is 25.9. The minimum atomic E-state index is -7.05. The SMILES string of the molecule is OCC(N1C(F)(F)C(F)(F)OC(F)(F)C1(F)F)N1C(F)(F)C(F)(F)OC(F)(F)C1(F)F. The van der Waals surface area contributed by atoms with Gasteiger partial charge >= 0.3 is 48.6 Å². The molecule has 5 nitrogen and oxygen atoms in total. The highest BCUT2D eigenvalue weighted by Gasteiger charge is 2.89. The third-order valence-corrected chi connectivity index (χ3v) is 3.88. The van der Waals surface area contributed by atoms with Crippen molar-refractivity contribution in [1.29, 1.82) is 0 Å². The first-order valence-electron chi connectivity index (χ1n) is 6.98. The fraction of sp³-hybridized carbons (Fsp3) is 1.00. The van der Waals surface area contributed by atoms with E-state index >= 15 is 0 Å². The maximum Gasteiger partial charge on any atom is 0.439 e. The number of hydrogen-bond acceptors (Lipinski definition) is 5. The van der Waals surface area contributed by atoms with Gasteiger partial charge in [0.15, 0.2) is 0 Å². The van der Waals surface area contributed by atoms with Gasteiger partial charge in [0.2, 0.25) is 0 Å². The molecule has 21 heteroatoms. The fourth-order valence-electron chi connectivity index (χ4n) is 2.51. The van der Waals surface area contributed by atoms with Crippen LogP contribution in [-0.4, -0.2) is 76.3 Å². The van der Waals surface area contributed by atoms with E-state index < -0.39 is 71.2 Å². The Balaban J connectivity index is 2.84. The molecule has 2 saturated heterocycles. The molecule has 0 atom stereocenters. The first-order chi connectivity index (χ1) is 13.4. The number of morpholine rings is 2. The van der Waals surface area contributed by atoms with E-state index in [0.29, 0.717) is 0 Å². The summed E-state index contributed by atoms with van der Waals surface area (Å²) in [6, 6.07) is -28.2. The summed E-state index contributed by atoms with van der Waals surface area (Å²) in [6.07, 6.45) is -32.5. The average molecular weight is 504 g/mol. The number of aliphatic hydroxyl groups excluding tert-OH is 1. The lowest BCUT2D eigenvalue weighted by Crippen LogP contribution is -2.84. The molecule has 2 aliphatic rings. The molecule has 1 N–H and O–H groups in total. The minimum Gasteiger partial charge on any atom is -0.393 e. The van der Waals surface area contributed by atoms with Gasteiger partial charge in [0.05, 0.1) is 6.61 Å². The average Bonchev–Trinajstić information content (AvgIpc) is 2.48. The summed E-state index contributed by atoms with van der Waals surface area (Å²) in [7, 11) is 0. The molecule has 0 bridgehead atoms. The fourth-order valence-corrected chi connectivity index (χ4v) is 2.51. The summed E-state index contributed by atoms with van der Waals surface area (Å²) in [5.41, 5.74) is 0. The van der Waals surface area contributed by atoms with Crippen molar-refractivity contribution in [3.8, 4) is 0 Å². The molecule has 0 saturated carbocycles. The van der Waals surface area contributed by atoms with Crippen LogP contribution in [0.5, 0.6) is 0 Å². The van der Waals surface area contributed by atoms with Crippen molar-refractivity contribution in [2.24, 2.45) is 0 Å². The standard InChI is InChI=1S/C10H4F16N2O3/c11-3(12)7(19,20)30-8(21,22)4(13,14)27(3)2(1-29)28-5(15,16)9(23,24)31-10(25,26)6(28,17)18/h2,29H,1H2. The lowest BCUT2D eigenvalue weighted by Gasteiger charge is -2.55. The molecular weight excluding hydrogens is 500 g/mol. The molecule has 2 heterocycles. The van der Waals surface area contributed by atoms with Crippen molar-refractivity contribution >= 4 is 0 Å². The molecule has 0 aliphatic carbocycles. The third kappa shape index (κ3) is 3.14. The Labute approximate surface area is 157 Å². The predicted octanol–water partition coefficient (Wildman–Crippen LogP) is 3.71. The Morgan fingerprint density at radius 2 is 0.677 bits per heavy atom. The minimum absolute atomic E-state index is 1.89. The lowest BCUT2D eigenvalue weighted by molar-refractivity contribution is -0.599. The number of ether oxygens (including phenoxy) is 2. The van der Waals surface area contributed by atoms with E-state index in [1.165, 1.54) is 0 Å². The van der Waals surface area contributed by atoms with Gasteiger partial charge in [-0.1, -0.05) is 0 Å². The van der Waals surface area contributed by atoms with Crippen LogP contribution in [-0.2, 0) is 9.47 Å². The number of aliphatic hydroxyl groups is 1. The summed E-state index contributed by atoms with van der Waals surface area (Å²) >= 11 is 0. The van der Waals surface area contributed by atoms with Crippen molar-refractivity contribution in [3.63, 3.8) is 0 Å². The summed E-state index contributed by atoms with van der Waals surface area (Å²) < 4.78 is 220. The zero-order valence-electron chi connectivity index (χ0n) is 13.5. The lowest BCUT2D eigenvalue weighted by atomic mass is 10.1. The van der Waals surface area contributed by atoms with Crippen LogP contribution in [0.15, 0.2) is 0 Å². The van der Waals surface area contributed by atoms with Gasteiger partial charge in [0.25, 0.3) is 0 Å².